The number of aryl methyl sites for hydroxylation is 1. The summed E-state index contributed by atoms with van der Waals surface area (Å²) >= 11 is 0. The Labute approximate surface area is 118 Å². The van der Waals surface area contributed by atoms with E-state index in [1.165, 1.54) is 0 Å². The summed E-state index contributed by atoms with van der Waals surface area (Å²) in [5, 5.41) is 17.1. The van der Waals surface area contributed by atoms with Gasteiger partial charge in [0.2, 0.25) is 0 Å². The van der Waals surface area contributed by atoms with Gasteiger partial charge in [0, 0.05) is 31.0 Å². The summed E-state index contributed by atoms with van der Waals surface area (Å²) < 4.78 is 5.45. The van der Waals surface area contributed by atoms with Gasteiger partial charge in [0.15, 0.2) is 5.69 Å². The van der Waals surface area contributed by atoms with E-state index in [4.69, 9.17) is 4.74 Å². The minimum absolute atomic E-state index is 0.0920. The van der Waals surface area contributed by atoms with Crippen molar-refractivity contribution in [3.63, 3.8) is 0 Å². The molecule has 1 fully saturated rings. The van der Waals surface area contributed by atoms with Crippen molar-refractivity contribution in [3.8, 4) is 0 Å². The number of carbonyl (C=O) groups excluding carboxylic acids is 1. The number of rotatable bonds is 3. The van der Waals surface area contributed by atoms with E-state index in [0.29, 0.717) is 25.4 Å². The van der Waals surface area contributed by atoms with Crippen LogP contribution in [0.5, 0.6) is 0 Å². The first kappa shape index (κ1) is 13.6. The van der Waals surface area contributed by atoms with E-state index >= 15 is 0 Å². The molecule has 1 aliphatic heterocycles. The fourth-order valence-corrected chi connectivity index (χ4v) is 3.11. The number of β-amino-alcohol motifs (C(OH)–C–C–N with tert-alkyl or cyclic N) is 1. The lowest BCUT2D eigenvalue weighted by Gasteiger charge is -2.16. The zero-order valence-electron chi connectivity index (χ0n) is 11.8. The van der Waals surface area contributed by atoms with Crippen LogP contribution in [-0.2, 0) is 17.6 Å². The quantitative estimate of drug-likeness (QED) is 0.845. The van der Waals surface area contributed by atoms with Crippen molar-refractivity contribution in [1.29, 1.82) is 0 Å². The second-order valence-corrected chi connectivity index (χ2v) is 5.51. The molecule has 1 aliphatic carbocycles. The molecule has 0 aromatic carbocycles. The van der Waals surface area contributed by atoms with Gasteiger partial charge in [0.05, 0.1) is 6.10 Å². The number of likely N-dealkylation sites (tertiary alicyclic amines) is 1. The Balaban J connectivity index is 1.75. The fourth-order valence-electron chi connectivity index (χ4n) is 3.11. The van der Waals surface area contributed by atoms with Gasteiger partial charge in [-0.1, -0.05) is 0 Å². The van der Waals surface area contributed by atoms with Crippen LogP contribution in [0.25, 0.3) is 0 Å². The normalized spacial score (nSPS) is 25.8. The van der Waals surface area contributed by atoms with E-state index in [1.54, 1.807) is 4.90 Å². The number of fused-ring (bicyclic) bond motifs is 1. The molecule has 3 rings (SSSR count). The summed E-state index contributed by atoms with van der Waals surface area (Å²) in [6.45, 7) is 3.20. The number of nitrogens with one attached hydrogen (secondary N) is 1. The van der Waals surface area contributed by atoms with E-state index in [-0.39, 0.29) is 12.0 Å². The lowest BCUT2D eigenvalue weighted by Crippen LogP contribution is -2.31. The Hall–Kier alpha value is -1.40. The smallest absolute Gasteiger partial charge is 0.274 e. The van der Waals surface area contributed by atoms with Gasteiger partial charge < -0.3 is 14.7 Å². The Morgan fingerprint density at radius 1 is 1.45 bits per heavy atom. The maximum absolute atomic E-state index is 12.6. The van der Waals surface area contributed by atoms with E-state index in [9.17, 15) is 9.90 Å². The molecule has 2 N–H and O–H groups in total. The zero-order chi connectivity index (χ0) is 14.1. The minimum Gasteiger partial charge on any atom is -0.388 e. The molecule has 2 unspecified atom stereocenters. The van der Waals surface area contributed by atoms with Crippen LogP contribution in [0.3, 0.4) is 0 Å². The summed E-state index contributed by atoms with van der Waals surface area (Å²) in [4.78, 5) is 14.2. The maximum Gasteiger partial charge on any atom is 0.274 e. The predicted octanol–water partition coefficient (Wildman–Crippen LogP) is 0.510. The molecule has 2 aliphatic rings. The number of aliphatic hydroxyl groups excluding tert-OH is 1. The van der Waals surface area contributed by atoms with Gasteiger partial charge in [-0.15, -0.1) is 0 Å². The molecule has 2 atom stereocenters. The average Bonchev–Trinajstić information content (AvgIpc) is 3.03. The highest BCUT2D eigenvalue weighted by atomic mass is 16.5. The highest BCUT2D eigenvalue weighted by Crippen LogP contribution is 2.24. The molecule has 0 radical (unpaired) electrons. The lowest BCUT2D eigenvalue weighted by atomic mass is 9.95. The second-order valence-electron chi connectivity index (χ2n) is 5.51. The van der Waals surface area contributed by atoms with Gasteiger partial charge in [-0.3, -0.25) is 9.89 Å². The van der Waals surface area contributed by atoms with Crippen LogP contribution in [0.15, 0.2) is 0 Å². The van der Waals surface area contributed by atoms with Crippen LogP contribution in [0, 0.1) is 0 Å². The molecule has 0 saturated carbocycles. The van der Waals surface area contributed by atoms with Gasteiger partial charge in [0.25, 0.3) is 5.91 Å². The first-order chi connectivity index (χ1) is 9.70. The highest BCUT2D eigenvalue weighted by Gasteiger charge is 2.36. The zero-order valence-corrected chi connectivity index (χ0v) is 11.8. The van der Waals surface area contributed by atoms with Crippen molar-refractivity contribution in [2.24, 2.45) is 0 Å². The standard InChI is InChI=1S/C14H21N3O3/c1-2-20-12-8-17(7-11(12)18)14(19)13-9-5-3-4-6-10(9)15-16-13/h11-12,18H,2-8H2,1H3,(H,15,16). The van der Waals surface area contributed by atoms with Crippen molar-refractivity contribution in [1.82, 2.24) is 15.1 Å². The number of carbonyl (C=O) groups is 1. The molecule has 110 valence electrons. The minimum atomic E-state index is -0.603. The Kier molecular flexibility index (Phi) is 3.76. The third kappa shape index (κ3) is 2.33. The van der Waals surface area contributed by atoms with Crippen molar-refractivity contribution >= 4 is 5.91 Å². The molecule has 6 nitrogen and oxygen atoms in total. The van der Waals surface area contributed by atoms with Crippen LogP contribution in [0.2, 0.25) is 0 Å². The number of amides is 1. The molecular weight excluding hydrogens is 258 g/mol. The van der Waals surface area contributed by atoms with E-state index < -0.39 is 6.10 Å². The molecule has 1 aromatic rings. The summed E-state index contributed by atoms with van der Waals surface area (Å²) in [5.41, 5.74) is 2.69. The Morgan fingerprint density at radius 3 is 3.05 bits per heavy atom. The number of ether oxygens (including phenoxy) is 1. The van der Waals surface area contributed by atoms with Crippen molar-refractivity contribution in [2.75, 3.05) is 19.7 Å². The molecule has 1 saturated heterocycles. The number of hydrogen-bond acceptors (Lipinski definition) is 4. The van der Waals surface area contributed by atoms with Crippen molar-refractivity contribution in [2.45, 2.75) is 44.8 Å². The van der Waals surface area contributed by atoms with Crippen LogP contribution >= 0.6 is 0 Å². The van der Waals surface area contributed by atoms with E-state index in [0.717, 1.165) is 36.9 Å². The fraction of sp³-hybridized carbons (Fsp3) is 0.714. The van der Waals surface area contributed by atoms with Gasteiger partial charge in [-0.2, -0.15) is 5.10 Å². The number of aliphatic hydroxyl groups is 1. The molecular formula is C14H21N3O3. The van der Waals surface area contributed by atoms with Gasteiger partial charge in [-0.05, 0) is 32.6 Å². The van der Waals surface area contributed by atoms with Crippen LogP contribution < -0.4 is 0 Å². The van der Waals surface area contributed by atoms with E-state index in [2.05, 4.69) is 10.2 Å². The Bertz CT molecular complexity index is 500. The first-order valence-electron chi connectivity index (χ1n) is 7.35. The molecule has 0 spiro atoms. The highest BCUT2D eigenvalue weighted by molar-refractivity contribution is 5.94. The van der Waals surface area contributed by atoms with Crippen LogP contribution in [0.4, 0.5) is 0 Å². The monoisotopic (exact) mass is 279 g/mol. The number of aromatic amines is 1. The number of H-pyrrole nitrogens is 1. The molecule has 20 heavy (non-hydrogen) atoms. The summed E-state index contributed by atoms with van der Waals surface area (Å²) in [6, 6.07) is 0. The van der Waals surface area contributed by atoms with Crippen LogP contribution in [-0.4, -0.2) is 58.0 Å². The third-order valence-electron chi connectivity index (χ3n) is 4.16. The summed E-state index contributed by atoms with van der Waals surface area (Å²) in [5.74, 6) is -0.0920. The van der Waals surface area contributed by atoms with Crippen molar-refractivity contribution in [3.05, 3.63) is 17.0 Å². The summed E-state index contributed by atoms with van der Waals surface area (Å²) in [6.07, 6.45) is 3.26. The molecule has 1 aromatic heterocycles. The molecule has 6 heteroatoms. The predicted molar refractivity (Wildman–Crippen MR) is 72.6 cm³/mol. The third-order valence-corrected chi connectivity index (χ3v) is 4.16. The summed E-state index contributed by atoms with van der Waals surface area (Å²) in [7, 11) is 0. The number of aromatic nitrogens is 2. The van der Waals surface area contributed by atoms with Gasteiger partial charge >= 0.3 is 0 Å². The maximum atomic E-state index is 12.6. The lowest BCUT2D eigenvalue weighted by molar-refractivity contribution is -0.00237. The molecule has 0 bridgehead atoms. The largest absolute Gasteiger partial charge is 0.388 e. The second kappa shape index (κ2) is 5.54. The Morgan fingerprint density at radius 2 is 2.25 bits per heavy atom. The molecule has 2 heterocycles. The average molecular weight is 279 g/mol. The SMILES string of the molecule is CCOC1CN(C(=O)c2n[nH]c3c2CCCC3)CC1O. The van der Waals surface area contributed by atoms with Crippen molar-refractivity contribution < 1.29 is 14.6 Å². The first-order valence-corrected chi connectivity index (χ1v) is 7.35. The van der Waals surface area contributed by atoms with Gasteiger partial charge in [-0.25, -0.2) is 0 Å². The number of nitrogens with zero attached hydrogens (tertiary/aromatic N) is 2. The van der Waals surface area contributed by atoms with Gasteiger partial charge in [0.1, 0.15) is 6.10 Å². The molecule has 1 amide bonds. The van der Waals surface area contributed by atoms with Crippen LogP contribution in [0.1, 0.15) is 41.5 Å². The van der Waals surface area contributed by atoms with E-state index in [1.807, 2.05) is 6.92 Å². The number of hydrogen-bond donors (Lipinski definition) is 2. The topological polar surface area (TPSA) is 78.5 Å².